The Hall–Kier alpha value is -2.42. The van der Waals surface area contributed by atoms with Gasteiger partial charge in [-0.3, -0.25) is 0 Å². The average Bonchev–Trinajstić information content (AvgIpc) is 3.29. The fraction of sp³-hybridized carbons (Fsp3) is 0.222. The van der Waals surface area contributed by atoms with E-state index in [9.17, 15) is 8.42 Å². The van der Waals surface area contributed by atoms with Crippen molar-refractivity contribution < 1.29 is 17.7 Å². The number of nitrogens with two attached hydrogens (primary N) is 1. The van der Waals surface area contributed by atoms with Crippen LogP contribution in [0.1, 0.15) is 29.7 Å². The lowest BCUT2D eigenvalue weighted by atomic mass is 10.1. The van der Waals surface area contributed by atoms with Crippen LogP contribution in [0.5, 0.6) is 5.75 Å². The van der Waals surface area contributed by atoms with Gasteiger partial charge in [-0.1, -0.05) is 35.0 Å². The zero-order chi connectivity index (χ0) is 19.2. The number of rotatable bonds is 5. The number of halogens is 1. The van der Waals surface area contributed by atoms with Crippen molar-refractivity contribution in [2.45, 2.75) is 23.2 Å². The molecule has 0 spiro atoms. The van der Waals surface area contributed by atoms with E-state index >= 15 is 0 Å². The van der Waals surface area contributed by atoms with Gasteiger partial charge in [0.2, 0.25) is 21.7 Å². The van der Waals surface area contributed by atoms with Gasteiger partial charge in [0, 0.05) is 10.9 Å². The van der Waals surface area contributed by atoms with E-state index in [1.54, 1.807) is 43.5 Å². The van der Waals surface area contributed by atoms with Crippen LogP contribution < -0.4 is 9.88 Å². The second-order valence-corrected chi connectivity index (χ2v) is 8.30. The van der Waals surface area contributed by atoms with Gasteiger partial charge in [-0.15, -0.1) is 0 Å². The highest BCUT2D eigenvalue weighted by atomic mass is 35.5. The molecule has 7 nitrogen and oxygen atoms in total. The molecule has 1 heterocycles. The minimum atomic E-state index is -3.79. The molecule has 0 bridgehead atoms. The molecule has 0 aliphatic heterocycles. The average molecular weight is 406 g/mol. The van der Waals surface area contributed by atoms with E-state index in [0.717, 1.165) is 0 Å². The highest BCUT2D eigenvalue weighted by Crippen LogP contribution is 2.55. The fourth-order valence-corrected chi connectivity index (χ4v) is 4.20. The summed E-state index contributed by atoms with van der Waals surface area (Å²) < 4.78 is 34.4. The zero-order valence-electron chi connectivity index (χ0n) is 14.3. The number of aromatic nitrogens is 2. The molecule has 2 atom stereocenters. The minimum absolute atomic E-state index is 0.0333. The quantitative estimate of drug-likeness (QED) is 0.697. The maximum atomic E-state index is 11.8. The predicted octanol–water partition coefficient (Wildman–Crippen LogP) is 3.32. The standard InChI is InChI=1S/C18H16ClN3O4S/c1-25-15-7-6-10(19)8-14(15)17-21-18(26-22-17)13-9-12(13)11-4-2-3-5-16(11)27(20,23)24/h2-8,12-13H,9H2,1H3,(H2,20,23,24)/t12-,13+/m0/s1. The Bertz CT molecular complexity index is 1110. The van der Waals surface area contributed by atoms with Gasteiger partial charge < -0.3 is 9.26 Å². The molecular formula is C18H16ClN3O4S. The van der Waals surface area contributed by atoms with E-state index in [-0.39, 0.29) is 16.7 Å². The van der Waals surface area contributed by atoms with Crippen molar-refractivity contribution in [1.29, 1.82) is 0 Å². The van der Waals surface area contributed by atoms with Crippen molar-refractivity contribution in [1.82, 2.24) is 10.1 Å². The van der Waals surface area contributed by atoms with Crippen molar-refractivity contribution in [3.05, 3.63) is 58.9 Å². The summed E-state index contributed by atoms with van der Waals surface area (Å²) in [6.07, 6.45) is 0.709. The summed E-state index contributed by atoms with van der Waals surface area (Å²) in [5, 5.41) is 9.89. The van der Waals surface area contributed by atoms with E-state index in [0.29, 0.717) is 40.0 Å². The van der Waals surface area contributed by atoms with Gasteiger partial charge in [0.05, 0.1) is 17.6 Å². The highest BCUT2D eigenvalue weighted by Gasteiger charge is 2.45. The second kappa shape index (κ2) is 6.63. The molecule has 1 aliphatic carbocycles. The molecule has 0 unspecified atom stereocenters. The number of primary sulfonamides is 1. The summed E-state index contributed by atoms with van der Waals surface area (Å²) in [6, 6.07) is 11.9. The Morgan fingerprint density at radius 3 is 2.74 bits per heavy atom. The van der Waals surface area contributed by atoms with E-state index < -0.39 is 10.0 Å². The third kappa shape index (κ3) is 3.43. The van der Waals surface area contributed by atoms with Crippen LogP contribution in [-0.4, -0.2) is 25.7 Å². The lowest BCUT2D eigenvalue weighted by Crippen LogP contribution is -2.14. The first-order valence-electron chi connectivity index (χ1n) is 8.17. The largest absolute Gasteiger partial charge is 0.496 e. The molecular weight excluding hydrogens is 390 g/mol. The first kappa shape index (κ1) is 18.0. The number of benzene rings is 2. The SMILES string of the molecule is COc1ccc(Cl)cc1-c1noc([C@@H]2C[C@H]2c2ccccc2S(N)(=O)=O)n1. The van der Waals surface area contributed by atoms with Crippen LogP contribution in [0.15, 0.2) is 51.9 Å². The molecule has 2 aromatic carbocycles. The van der Waals surface area contributed by atoms with Gasteiger partial charge in [-0.2, -0.15) is 4.98 Å². The van der Waals surface area contributed by atoms with Crippen LogP contribution in [-0.2, 0) is 10.0 Å². The fourth-order valence-electron chi connectivity index (χ4n) is 3.21. The van der Waals surface area contributed by atoms with Crippen molar-refractivity contribution >= 4 is 21.6 Å². The topological polar surface area (TPSA) is 108 Å². The lowest BCUT2D eigenvalue weighted by molar-refractivity contribution is 0.377. The van der Waals surface area contributed by atoms with Gasteiger partial charge in [0.15, 0.2) is 0 Å². The smallest absolute Gasteiger partial charge is 0.238 e. The molecule has 1 aromatic heterocycles. The van der Waals surface area contributed by atoms with Gasteiger partial charge in [0.1, 0.15) is 5.75 Å². The summed E-state index contributed by atoms with van der Waals surface area (Å²) in [5.74, 6) is 1.31. The lowest BCUT2D eigenvalue weighted by Gasteiger charge is -2.06. The summed E-state index contributed by atoms with van der Waals surface area (Å²) in [6.45, 7) is 0. The number of hydrogen-bond donors (Lipinski definition) is 1. The third-order valence-corrected chi connectivity index (χ3v) is 5.80. The summed E-state index contributed by atoms with van der Waals surface area (Å²) in [4.78, 5) is 4.60. The Kier molecular flexibility index (Phi) is 4.41. The Labute approximate surface area is 161 Å². The van der Waals surface area contributed by atoms with Gasteiger partial charge in [0.25, 0.3) is 0 Å². The van der Waals surface area contributed by atoms with Gasteiger partial charge in [-0.25, -0.2) is 13.6 Å². The van der Waals surface area contributed by atoms with Crippen molar-refractivity contribution in [2.75, 3.05) is 7.11 Å². The molecule has 1 fully saturated rings. The summed E-state index contributed by atoms with van der Waals surface area (Å²) in [5.41, 5.74) is 1.30. The van der Waals surface area contributed by atoms with Crippen LogP contribution in [0.25, 0.3) is 11.4 Å². The Balaban J connectivity index is 1.64. The van der Waals surface area contributed by atoms with Crippen LogP contribution in [0.2, 0.25) is 5.02 Å². The second-order valence-electron chi connectivity index (χ2n) is 6.33. The van der Waals surface area contributed by atoms with E-state index in [4.69, 9.17) is 26.0 Å². The minimum Gasteiger partial charge on any atom is -0.496 e. The monoisotopic (exact) mass is 405 g/mol. The third-order valence-electron chi connectivity index (χ3n) is 4.58. The molecule has 140 valence electrons. The summed E-state index contributed by atoms with van der Waals surface area (Å²) in [7, 11) is -2.24. The Morgan fingerprint density at radius 1 is 1.22 bits per heavy atom. The molecule has 1 saturated carbocycles. The van der Waals surface area contributed by atoms with Crippen molar-refractivity contribution in [3.63, 3.8) is 0 Å². The van der Waals surface area contributed by atoms with E-state index in [2.05, 4.69) is 10.1 Å². The van der Waals surface area contributed by atoms with E-state index in [1.807, 2.05) is 0 Å². The van der Waals surface area contributed by atoms with Crippen LogP contribution >= 0.6 is 11.6 Å². The molecule has 1 aliphatic rings. The first-order valence-corrected chi connectivity index (χ1v) is 10.1. The van der Waals surface area contributed by atoms with Crippen molar-refractivity contribution in [2.24, 2.45) is 5.14 Å². The molecule has 3 aromatic rings. The normalized spacial score (nSPS) is 19.1. The van der Waals surface area contributed by atoms with Crippen LogP contribution in [0, 0.1) is 0 Å². The van der Waals surface area contributed by atoms with Crippen LogP contribution in [0.4, 0.5) is 0 Å². The number of methoxy groups -OCH3 is 1. The number of nitrogens with zero attached hydrogens (tertiary/aromatic N) is 2. The predicted molar refractivity (Wildman–Crippen MR) is 99.2 cm³/mol. The first-order chi connectivity index (χ1) is 12.9. The number of ether oxygens (including phenoxy) is 1. The molecule has 0 saturated heterocycles. The molecule has 27 heavy (non-hydrogen) atoms. The molecule has 9 heteroatoms. The van der Waals surface area contributed by atoms with Crippen molar-refractivity contribution in [3.8, 4) is 17.1 Å². The molecule has 2 N–H and O–H groups in total. The van der Waals surface area contributed by atoms with Gasteiger partial charge >= 0.3 is 0 Å². The maximum Gasteiger partial charge on any atom is 0.238 e. The Morgan fingerprint density at radius 2 is 2.00 bits per heavy atom. The zero-order valence-corrected chi connectivity index (χ0v) is 15.9. The highest BCUT2D eigenvalue weighted by molar-refractivity contribution is 7.89. The molecule has 0 amide bonds. The summed E-state index contributed by atoms with van der Waals surface area (Å²) >= 11 is 6.06. The number of hydrogen-bond acceptors (Lipinski definition) is 6. The van der Waals surface area contributed by atoms with Crippen LogP contribution in [0.3, 0.4) is 0 Å². The maximum absolute atomic E-state index is 11.8. The molecule has 4 rings (SSSR count). The van der Waals surface area contributed by atoms with Gasteiger partial charge in [-0.05, 0) is 42.2 Å². The molecule has 0 radical (unpaired) electrons. The number of sulfonamides is 1. The van der Waals surface area contributed by atoms with E-state index in [1.165, 1.54) is 6.07 Å².